The molecule has 1 aliphatic rings. The van der Waals surface area contributed by atoms with Gasteiger partial charge in [0.1, 0.15) is 5.82 Å². The van der Waals surface area contributed by atoms with Crippen LogP contribution in [0.4, 0.5) is 4.39 Å². The van der Waals surface area contributed by atoms with Crippen molar-refractivity contribution in [2.45, 2.75) is 23.8 Å². The Morgan fingerprint density at radius 3 is 2.76 bits per heavy atom. The second-order valence-corrected chi connectivity index (χ2v) is 5.70. The molecule has 1 N–H and O–H groups in total. The molecule has 0 radical (unpaired) electrons. The highest BCUT2D eigenvalue weighted by Gasteiger charge is 2.38. The number of aliphatic hydroxyl groups is 1. The first-order valence-electron chi connectivity index (χ1n) is 5.95. The highest BCUT2D eigenvalue weighted by molar-refractivity contribution is 7.99. The molecule has 0 atom stereocenters. The van der Waals surface area contributed by atoms with Gasteiger partial charge in [-0.25, -0.2) is 4.39 Å². The molecule has 94 valence electrons. The van der Waals surface area contributed by atoms with E-state index in [-0.39, 0.29) is 5.82 Å². The molecule has 1 saturated heterocycles. The van der Waals surface area contributed by atoms with Crippen LogP contribution < -0.4 is 0 Å². The van der Waals surface area contributed by atoms with Gasteiger partial charge in [-0.1, -0.05) is 19.1 Å². The normalized spacial score (nSPS) is 19.0. The average Bonchev–Trinajstić information content (AvgIpc) is 2.29. The first-order valence-corrected chi connectivity index (χ1v) is 6.93. The predicted molar refractivity (Wildman–Crippen MR) is 68.8 cm³/mol. The smallest absolute Gasteiger partial charge is 0.136 e. The minimum atomic E-state index is -0.470. The quantitative estimate of drug-likeness (QED) is 0.817. The summed E-state index contributed by atoms with van der Waals surface area (Å²) in [7, 11) is 0. The number of hydrogen-bond donors (Lipinski definition) is 1. The molecular formula is C13H18FNOS. The highest BCUT2D eigenvalue weighted by Crippen LogP contribution is 2.26. The number of hydrogen-bond acceptors (Lipinski definition) is 3. The van der Waals surface area contributed by atoms with Gasteiger partial charge >= 0.3 is 0 Å². The third-order valence-electron chi connectivity index (χ3n) is 3.20. The Bertz CT molecular complexity index is 379. The van der Waals surface area contributed by atoms with E-state index in [2.05, 4.69) is 4.90 Å². The van der Waals surface area contributed by atoms with Crippen molar-refractivity contribution >= 4 is 11.8 Å². The van der Waals surface area contributed by atoms with E-state index in [0.29, 0.717) is 4.90 Å². The summed E-state index contributed by atoms with van der Waals surface area (Å²) in [4.78, 5) is 2.91. The summed E-state index contributed by atoms with van der Waals surface area (Å²) in [5.41, 5.74) is -0.470. The van der Waals surface area contributed by atoms with Gasteiger partial charge in [0.2, 0.25) is 0 Å². The zero-order chi connectivity index (χ0) is 12.3. The Balaban J connectivity index is 1.70. The maximum absolute atomic E-state index is 13.3. The fourth-order valence-electron chi connectivity index (χ4n) is 2.01. The maximum Gasteiger partial charge on any atom is 0.136 e. The maximum atomic E-state index is 13.3. The van der Waals surface area contributed by atoms with Gasteiger partial charge in [0.25, 0.3) is 0 Å². The molecule has 1 aliphatic heterocycles. The molecule has 4 heteroatoms. The molecule has 0 saturated carbocycles. The lowest BCUT2D eigenvalue weighted by Gasteiger charge is -2.46. The Labute approximate surface area is 106 Å². The van der Waals surface area contributed by atoms with Crippen LogP contribution in [-0.2, 0) is 0 Å². The molecule has 1 heterocycles. The summed E-state index contributed by atoms with van der Waals surface area (Å²) in [6.07, 6.45) is 0.809. The zero-order valence-corrected chi connectivity index (χ0v) is 10.8. The molecule has 17 heavy (non-hydrogen) atoms. The van der Waals surface area contributed by atoms with Crippen molar-refractivity contribution in [3.05, 3.63) is 30.1 Å². The summed E-state index contributed by atoms with van der Waals surface area (Å²) < 4.78 is 13.3. The highest BCUT2D eigenvalue weighted by atomic mass is 32.2. The third kappa shape index (κ3) is 3.21. The molecule has 1 fully saturated rings. The second kappa shape index (κ2) is 5.38. The van der Waals surface area contributed by atoms with Crippen molar-refractivity contribution in [2.75, 3.05) is 25.4 Å². The molecule has 0 aromatic heterocycles. The molecule has 1 aromatic carbocycles. The van der Waals surface area contributed by atoms with Crippen molar-refractivity contribution in [1.82, 2.24) is 4.90 Å². The van der Waals surface area contributed by atoms with Crippen LogP contribution in [0.3, 0.4) is 0 Å². The standard InChI is InChI=1S/C13H18FNOS/c1-2-13(16)9-15(10-13)7-8-17-12-6-4-3-5-11(12)14/h3-6,16H,2,7-10H2,1H3. The molecule has 2 rings (SSSR count). The fourth-order valence-corrected chi connectivity index (χ4v) is 2.96. The number of nitrogens with zero attached hydrogens (tertiary/aromatic N) is 1. The molecule has 1 aromatic rings. The van der Waals surface area contributed by atoms with Gasteiger partial charge < -0.3 is 5.11 Å². The SMILES string of the molecule is CCC1(O)CN(CCSc2ccccc2F)C1. The van der Waals surface area contributed by atoms with Gasteiger partial charge in [0.05, 0.1) is 5.60 Å². The Morgan fingerprint density at radius 2 is 2.12 bits per heavy atom. The summed E-state index contributed by atoms with van der Waals surface area (Å²) in [6, 6.07) is 6.85. The van der Waals surface area contributed by atoms with E-state index >= 15 is 0 Å². The lowest BCUT2D eigenvalue weighted by atomic mass is 9.92. The lowest BCUT2D eigenvalue weighted by Crippen LogP contribution is -2.61. The fraction of sp³-hybridized carbons (Fsp3) is 0.538. The van der Waals surface area contributed by atoms with Crippen LogP contribution in [0.25, 0.3) is 0 Å². The van der Waals surface area contributed by atoms with Crippen molar-refractivity contribution in [3.63, 3.8) is 0 Å². The number of benzene rings is 1. The van der Waals surface area contributed by atoms with E-state index in [4.69, 9.17) is 0 Å². The third-order valence-corrected chi connectivity index (χ3v) is 4.22. The Kier molecular flexibility index (Phi) is 4.07. The van der Waals surface area contributed by atoms with Crippen LogP contribution in [0.1, 0.15) is 13.3 Å². The van der Waals surface area contributed by atoms with Crippen LogP contribution in [-0.4, -0.2) is 41.0 Å². The van der Waals surface area contributed by atoms with Crippen LogP contribution in [0.15, 0.2) is 29.2 Å². The topological polar surface area (TPSA) is 23.5 Å². The van der Waals surface area contributed by atoms with Crippen molar-refractivity contribution in [3.8, 4) is 0 Å². The monoisotopic (exact) mass is 255 g/mol. The lowest BCUT2D eigenvalue weighted by molar-refractivity contribution is -0.0965. The summed E-state index contributed by atoms with van der Waals surface area (Å²) in [6.45, 7) is 4.41. The van der Waals surface area contributed by atoms with E-state index < -0.39 is 5.60 Å². The number of likely N-dealkylation sites (tertiary alicyclic amines) is 1. The van der Waals surface area contributed by atoms with E-state index in [0.717, 1.165) is 31.8 Å². The first kappa shape index (κ1) is 12.9. The van der Waals surface area contributed by atoms with E-state index in [9.17, 15) is 9.50 Å². The average molecular weight is 255 g/mol. The molecule has 2 nitrogen and oxygen atoms in total. The van der Waals surface area contributed by atoms with E-state index in [1.54, 1.807) is 12.1 Å². The Hall–Kier alpha value is -0.580. The van der Waals surface area contributed by atoms with Crippen LogP contribution in [0.5, 0.6) is 0 Å². The second-order valence-electron chi connectivity index (χ2n) is 4.57. The first-order chi connectivity index (χ1) is 8.13. The van der Waals surface area contributed by atoms with Crippen molar-refractivity contribution in [1.29, 1.82) is 0 Å². The molecule has 0 spiro atoms. The van der Waals surface area contributed by atoms with Crippen LogP contribution in [0.2, 0.25) is 0 Å². The number of thioether (sulfide) groups is 1. The summed E-state index contributed by atoms with van der Waals surface area (Å²) >= 11 is 1.53. The molecular weight excluding hydrogens is 237 g/mol. The van der Waals surface area contributed by atoms with Crippen molar-refractivity contribution < 1.29 is 9.50 Å². The van der Waals surface area contributed by atoms with Gasteiger partial charge in [-0.05, 0) is 18.6 Å². The van der Waals surface area contributed by atoms with Gasteiger partial charge in [-0.15, -0.1) is 11.8 Å². The molecule has 0 unspecified atom stereocenters. The molecule has 0 aliphatic carbocycles. The predicted octanol–water partition coefficient (Wildman–Crippen LogP) is 2.37. The van der Waals surface area contributed by atoms with Gasteiger partial charge in [0, 0.05) is 30.3 Å². The summed E-state index contributed by atoms with van der Waals surface area (Å²) in [5, 5.41) is 9.84. The van der Waals surface area contributed by atoms with E-state index in [1.165, 1.54) is 17.8 Å². The summed E-state index contributed by atoms with van der Waals surface area (Å²) in [5.74, 6) is 0.715. The van der Waals surface area contributed by atoms with E-state index in [1.807, 2.05) is 13.0 Å². The minimum Gasteiger partial charge on any atom is -0.387 e. The molecule has 0 bridgehead atoms. The van der Waals surface area contributed by atoms with Gasteiger partial charge in [0.15, 0.2) is 0 Å². The van der Waals surface area contributed by atoms with Crippen LogP contribution in [0, 0.1) is 5.82 Å². The number of β-amino-alcohol motifs (C(OH)–C–C–N with tert-alkyl or cyclic N) is 1. The number of halogens is 1. The largest absolute Gasteiger partial charge is 0.387 e. The van der Waals surface area contributed by atoms with Crippen molar-refractivity contribution in [2.24, 2.45) is 0 Å². The van der Waals surface area contributed by atoms with Gasteiger partial charge in [-0.2, -0.15) is 0 Å². The van der Waals surface area contributed by atoms with Crippen LogP contribution >= 0.6 is 11.8 Å². The zero-order valence-electron chi connectivity index (χ0n) is 10.0. The minimum absolute atomic E-state index is 0.147. The van der Waals surface area contributed by atoms with Gasteiger partial charge in [-0.3, -0.25) is 4.90 Å². The Morgan fingerprint density at radius 1 is 1.41 bits per heavy atom. The molecule has 0 amide bonds. The number of rotatable bonds is 5.